The number of likely N-dealkylation sites (N-methyl/N-ethyl adjacent to an activating group) is 1. The third-order valence-electron chi connectivity index (χ3n) is 3.10. The fourth-order valence-corrected chi connectivity index (χ4v) is 2.93. The molecule has 4 nitrogen and oxygen atoms in total. The van der Waals surface area contributed by atoms with Crippen LogP contribution in [0, 0.1) is 0 Å². The van der Waals surface area contributed by atoms with Crippen LogP contribution in [0.2, 0.25) is 0 Å². The summed E-state index contributed by atoms with van der Waals surface area (Å²) in [5, 5.41) is 0.887. The Morgan fingerprint density at radius 1 is 1.28 bits per heavy atom. The van der Waals surface area contributed by atoms with Gasteiger partial charge in [0.1, 0.15) is 0 Å². The minimum atomic E-state index is 0.668. The molecule has 2 heterocycles. The normalized spacial score (nSPS) is 14.5. The highest BCUT2D eigenvalue weighted by Gasteiger charge is 2.22. The molecule has 92 valence electrons. The SMILES string of the molecule is CN1CCN(c2ncc(C=O)s2)c2ccccc21. The van der Waals surface area contributed by atoms with Gasteiger partial charge in [0.15, 0.2) is 11.4 Å². The van der Waals surface area contributed by atoms with E-state index in [0.29, 0.717) is 4.88 Å². The fourth-order valence-electron chi connectivity index (χ4n) is 2.16. The molecule has 0 N–H and O–H groups in total. The maximum absolute atomic E-state index is 10.7. The second-order valence-corrected chi connectivity index (χ2v) is 5.27. The van der Waals surface area contributed by atoms with Gasteiger partial charge >= 0.3 is 0 Å². The first kappa shape index (κ1) is 11.2. The molecule has 18 heavy (non-hydrogen) atoms. The van der Waals surface area contributed by atoms with Gasteiger partial charge in [0.2, 0.25) is 0 Å². The molecule has 0 aliphatic carbocycles. The maximum atomic E-state index is 10.7. The Labute approximate surface area is 109 Å². The second-order valence-electron chi connectivity index (χ2n) is 4.22. The van der Waals surface area contributed by atoms with Gasteiger partial charge in [-0.3, -0.25) is 4.79 Å². The molecule has 1 aromatic heterocycles. The van der Waals surface area contributed by atoms with E-state index in [2.05, 4.69) is 34.0 Å². The van der Waals surface area contributed by atoms with Crippen LogP contribution in [0.1, 0.15) is 9.67 Å². The predicted octanol–water partition coefficient (Wildman–Crippen LogP) is 2.54. The standard InChI is InChI=1S/C13H13N3OS/c1-15-6-7-16(12-5-3-2-4-11(12)15)13-14-8-10(9-17)18-13/h2-5,8-9H,6-7H2,1H3. The number of hydrogen-bond donors (Lipinski definition) is 0. The third kappa shape index (κ3) is 1.76. The number of carbonyl (C=O) groups is 1. The first-order valence-corrected chi connectivity index (χ1v) is 6.60. The van der Waals surface area contributed by atoms with Crippen LogP contribution in [0.15, 0.2) is 30.5 Å². The number of carbonyl (C=O) groups excluding carboxylic acids is 1. The summed E-state index contributed by atoms with van der Waals surface area (Å²) in [5.41, 5.74) is 2.35. The van der Waals surface area contributed by atoms with Crippen LogP contribution in [0.25, 0.3) is 0 Å². The zero-order valence-electron chi connectivity index (χ0n) is 10.0. The van der Waals surface area contributed by atoms with Gasteiger partial charge in [0.25, 0.3) is 0 Å². The van der Waals surface area contributed by atoms with Crippen LogP contribution in [-0.2, 0) is 0 Å². The summed E-state index contributed by atoms with van der Waals surface area (Å²) >= 11 is 1.43. The van der Waals surface area contributed by atoms with E-state index < -0.39 is 0 Å². The van der Waals surface area contributed by atoms with Crippen molar-refractivity contribution in [2.45, 2.75) is 0 Å². The molecule has 1 aromatic carbocycles. The van der Waals surface area contributed by atoms with Crippen molar-refractivity contribution >= 4 is 34.1 Å². The number of anilines is 3. The Balaban J connectivity index is 2.04. The average molecular weight is 259 g/mol. The van der Waals surface area contributed by atoms with Crippen molar-refractivity contribution in [1.29, 1.82) is 0 Å². The minimum absolute atomic E-state index is 0.668. The number of fused-ring (bicyclic) bond motifs is 1. The molecule has 0 bridgehead atoms. The highest BCUT2D eigenvalue weighted by Crippen LogP contribution is 2.37. The molecule has 2 aromatic rings. The number of thiazole rings is 1. The van der Waals surface area contributed by atoms with Crippen LogP contribution in [0.5, 0.6) is 0 Å². The van der Waals surface area contributed by atoms with Crippen molar-refractivity contribution in [2.24, 2.45) is 0 Å². The minimum Gasteiger partial charge on any atom is -0.371 e. The van der Waals surface area contributed by atoms with Crippen molar-refractivity contribution in [2.75, 3.05) is 29.9 Å². The van der Waals surface area contributed by atoms with Crippen molar-refractivity contribution in [3.8, 4) is 0 Å². The molecular formula is C13H13N3OS. The van der Waals surface area contributed by atoms with Crippen LogP contribution in [0.4, 0.5) is 16.5 Å². The van der Waals surface area contributed by atoms with Crippen LogP contribution >= 0.6 is 11.3 Å². The zero-order valence-corrected chi connectivity index (χ0v) is 10.9. The van der Waals surface area contributed by atoms with E-state index in [1.54, 1.807) is 6.20 Å². The van der Waals surface area contributed by atoms with Crippen molar-refractivity contribution < 1.29 is 4.79 Å². The molecule has 0 fully saturated rings. The van der Waals surface area contributed by atoms with E-state index in [4.69, 9.17) is 0 Å². The van der Waals surface area contributed by atoms with Crippen molar-refractivity contribution in [1.82, 2.24) is 4.98 Å². The van der Waals surface area contributed by atoms with E-state index in [9.17, 15) is 4.79 Å². The van der Waals surface area contributed by atoms with E-state index in [0.717, 1.165) is 30.2 Å². The first-order chi connectivity index (χ1) is 8.79. The number of aldehydes is 1. The van der Waals surface area contributed by atoms with E-state index >= 15 is 0 Å². The number of aromatic nitrogens is 1. The smallest absolute Gasteiger partial charge is 0.190 e. The lowest BCUT2D eigenvalue weighted by molar-refractivity contribution is 0.112. The summed E-state index contributed by atoms with van der Waals surface area (Å²) < 4.78 is 0. The van der Waals surface area contributed by atoms with Gasteiger partial charge < -0.3 is 9.80 Å². The summed E-state index contributed by atoms with van der Waals surface area (Å²) in [6.07, 6.45) is 2.48. The Morgan fingerprint density at radius 3 is 2.78 bits per heavy atom. The molecule has 0 spiro atoms. The highest BCUT2D eigenvalue weighted by atomic mass is 32.1. The summed E-state index contributed by atoms with van der Waals surface area (Å²) in [5.74, 6) is 0. The van der Waals surface area contributed by atoms with E-state index in [1.807, 2.05) is 12.1 Å². The molecule has 1 aliphatic heterocycles. The Bertz CT molecular complexity index is 581. The number of para-hydroxylation sites is 2. The summed E-state index contributed by atoms with van der Waals surface area (Å²) in [7, 11) is 2.09. The quantitative estimate of drug-likeness (QED) is 0.777. The van der Waals surface area contributed by atoms with Gasteiger partial charge in [0.05, 0.1) is 22.4 Å². The van der Waals surface area contributed by atoms with Crippen molar-refractivity contribution in [3.63, 3.8) is 0 Å². The van der Waals surface area contributed by atoms with Gasteiger partial charge in [-0.05, 0) is 12.1 Å². The average Bonchev–Trinajstić information content (AvgIpc) is 2.88. The molecule has 0 unspecified atom stereocenters. The third-order valence-corrected chi connectivity index (χ3v) is 4.05. The monoisotopic (exact) mass is 259 g/mol. The van der Waals surface area contributed by atoms with Crippen molar-refractivity contribution in [3.05, 3.63) is 35.3 Å². The highest BCUT2D eigenvalue weighted by molar-refractivity contribution is 7.17. The Kier molecular flexibility index (Phi) is 2.76. The van der Waals surface area contributed by atoms with Gasteiger partial charge in [-0.15, -0.1) is 0 Å². The molecule has 1 aliphatic rings. The van der Waals surface area contributed by atoms with E-state index in [-0.39, 0.29) is 0 Å². The molecule has 0 radical (unpaired) electrons. The van der Waals surface area contributed by atoms with Gasteiger partial charge in [0, 0.05) is 20.1 Å². The lowest BCUT2D eigenvalue weighted by Gasteiger charge is -2.35. The Hall–Kier alpha value is -1.88. The maximum Gasteiger partial charge on any atom is 0.190 e. The Morgan fingerprint density at radius 2 is 2.06 bits per heavy atom. The number of nitrogens with zero attached hydrogens (tertiary/aromatic N) is 3. The summed E-state index contributed by atoms with van der Waals surface area (Å²) in [4.78, 5) is 20.2. The molecular weight excluding hydrogens is 246 g/mol. The molecule has 0 atom stereocenters. The van der Waals surface area contributed by atoms with Gasteiger partial charge in [-0.2, -0.15) is 0 Å². The number of hydrogen-bond acceptors (Lipinski definition) is 5. The van der Waals surface area contributed by atoms with Crippen LogP contribution < -0.4 is 9.80 Å². The zero-order chi connectivity index (χ0) is 12.5. The molecule has 0 saturated heterocycles. The predicted molar refractivity (Wildman–Crippen MR) is 74.2 cm³/mol. The van der Waals surface area contributed by atoms with Crippen LogP contribution in [-0.4, -0.2) is 31.4 Å². The van der Waals surface area contributed by atoms with Crippen LogP contribution in [0.3, 0.4) is 0 Å². The molecule has 5 heteroatoms. The lowest BCUT2D eigenvalue weighted by Crippen LogP contribution is -2.36. The van der Waals surface area contributed by atoms with Gasteiger partial charge in [-0.25, -0.2) is 4.98 Å². The topological polar surface area (TPSA) is 36.4 Å². The molecule has 3 rings (SSSR count). The number of benzene rings is 1. The molecule has 0 amide bonds. The lowest BCUT2D eigenvalue weighted by atomic mass is 10.2. The second kappa shape index (κ2) is 4.42. The number of rotatable bonds is 2. The first-order valence-electron chi connectivity index (χ1n) is 5.78. The largest absolute Gasteiger partial charge is 0.371 e. The van der Waals surface area contributed by atoms with E-state index in [1.165, 1.54) is 17.0 Å². The fraction of sp³-hybridized carbons (Fsp3) is 0.231. The van der Waals surface area contributed by atoms with Gasteiger partial charge in [-0.1, -0.05) is 23.5 Å². The summed E-state index contributed by atoms with van der Waals surface area (Å²) in [6, 6.07) is 8.26. The molecule has 0 saturated carbocycles. The summed E-state index contributed by atoms with van der Waals surface area (Å²) in [6.45, 7) is 1.84.